The molecule has 1 fully saturated rings. The summed E-state index contributed by atoms with van der Waals surface area (Å²) < 4.78 is 0. The minimum Gasteiger partial charge on any atom is -0.481 e. The summed E-state index contributed by atoms with van der Waals surface area (Å²) in [7, 11) is 0. The molecular formula is C15H22N2O2. The molecule has 1 saturated heterocycles. The fraction of sp³-hybridized carbons (Fsp3) is 0.600. The van der Waals surface area contributed by atoms with Crippen molar-refractivity contribution < 1.29 is 9.90 Å². The Labute approximate surface area is 114 Å². The first-order valence-electron chi connectivity index (χ1n) is 7.00. The molecule has 1 N–H and O–H groups in total. The first-order valence-corrected chi connectivity index (χ1v) is 7.00. The van der Waals surface area contributed by atoms with Gasteiger partial charge in [0.2, 0.25) is 0 Å². The Morgan fingerprint density at radius 3 is 2.79 bits per heavy atom. The molecule has 1 aromatic heterocycles. The molecule has 1 aliphatic heterocycles. The lowest BCUT2D eigenvalue weighted by atomic mass is 9.92. The van der Waals surface area contributed by atoms with Crippen molar-refractivity contribution in [3.63, 3.8) is 0 Å². The third kappa shape index (κ3) is 4.63. The second kappa shape index (κ2) is 6.66. The zero-order valence-corrected chi connectivity index (χ0v) is 11.5. The molecular weight excluding hydrogens is 240 g/mol. The van der Waals surface area contributed by atoms with Gasteiger partial charge in [0.05, 0.1) is 5.69 Å². The van der Waals surface area contributed by atoms with Crippen LogP contribution in [0, 0.1) is 12.8 Å². The lowest BCUT2D eigenvalue weighted by molar-refractivity contribution is -0.137. The van der Waals surface area contributed by atoms with E-state index in [9.17, 15) is 4.79 Å². The predicted octanol–water partition coefficient (Wildman–Crippen LogP) is 2.47. The first kappa shape index (κ1) is 14.0. The quantitative estimate of drug-likeness (QED) is 0.885. The molecule has 0 spiro atoms. The van der Waals surface area contributed by atoms with Gasteiger partial charge in [-0.25, -0.2) is 0 Å². The van der Waals surface area contributed by atoms with E-state index in [1.807, 2.05) is 13.0 Å². The van der Waals surface area contributed by atoms with Crippen LogP contribution in [0.25, 0.3) is 0 Å². The van der Waals surface area contributed by atoms with Gasteiger partial charge in [0.15, 0.2) is 0 Å². The van der Waals surface area contributed by atoms with Crippen LogP contribution in [-0.2, 0) is 11.3 Å². The summed E-state index contributed by atoms with van der Waals surface area (Å²) in [5.41, 5.74) is 2.19. The molecule has 0 radical (unpaired) electrons. The highest BCUT2D eigenvalue weighted by atomic mass is 16.4. The summed E-state index contributed by atoms with van der Waals surface area (Å²) in [5.74, 6) is -0.0933. The van der Waals surface area contributed by atoms with E-state index in [1.54, 1.807) is 0 Å². The number of aromatic nitrogens is 1. The van der Waals surface area contributed by atoms with E-state index in [2.05, 4.69) is 22.0 Å². The van der Waals surface area contributed by atoms with E-state index in [4.69, 9.17) is 5.11 Å². The minimum absolute atomic E-state index is 0.310. The normalized spacial score (nSPS) is 17.5. The summed E-state index contributed by atoms with van der Waals surface area (Å²) in [6, 6.07) is 6.14. The number of pyridine rings is 1. The SMILES string of the molecule is Cc1cccc(CN2CCC(CCC(=O)O)CC2)n1. The predicted molar refractivity (Wildman–Crippen MR) is 73.8 cm³/mol. The Morgan fingerprint density at radius 1 is 1.42 bits per heavy atom. The fourth-order valence-corrected chi connectivity index (χ4v) is 2.68. The highest BCUT2D eigenvalue weighted by Crippen LogP contribution is 2.22. The van der Waals surface area contributed by atoms with E-state index in [0.29, 0.717) is 12.3 Å². The zero-order chi connectivity index (χ0) is 13.7. The van der Waals surface area contributed by atoms with Crippen LogP contribution in [-0.4, -0.2) is 34.0 Å². The standard InChI is InChI=1S/C15H22N2O2/c1-12-3-2-4-14(16-12)11-17-9-7-13(8-10-17)5-6-15(18)19/h2-4,13H,5-11H2,1H3,(H,18,19). The summed E-state index contributed by atoms with van der Waals surface area (Å²) in [4.78, 5) is 17.5. The molecule has 19 heavy (non-hydrogen) atoms. The van der Waals surface area contributed by atoms with Gasteiger partial charge in [-0.2, -0.15) is 0 Å². The van der Waals surface area contributed by atoms with Crippen molar-refractivity contribution in [1.29, 1.82) is 0 Å². The lowest BCUT2D eigenvalue weighted by Gasteiger charge is -2.31. The van der Waals surface area contributed by atoms with E-state index >= 15 is 0 Å². The van der Waals surface area contributed by atoms with Gasteiger partial charge in [-0.15, -0.1) is 0 Å². The Balaban J connectivity index is 1.75. The van der Waals surface area contributed by atoms with Gasteiger partial charge in [-0.1, -0.05) is 6.07 Å². The van der Waals surface area contributed by atoms with Gasteiger partial charge < -0.3 is 5.11 Å². The van der Waals surface area contributed by atoms with Gasteiger partial charge in [0.1, 0.15) is 0 Å². The van der Waals surface area contributed by atoms with Crippen LogP contribution in [0.1, 0.15) is 37.1 Å². The number of carbonyl (C=O) groups is 1. The maximum absolute atomic E-state index is 10.6. The molecule has 0 saturated carbocycles. The summed E-state index contributed by atoms with van der Waals surface area (Å²) in [5, 5.41) is 8.70. The van der Waals surface area contributed by atoms with Gasteiger partial charge in [0.25, 0.3) is 0 Å². The smallest absolute Gasteiger partial charge is 0.303 e. The van der Waals surface area contributed by atoms with Crippen LogP contribution >= 0.6 is 0 Å². The molecule has 0 amide bonds. The van der Waals surface area contributed by atoms with Crippen molar-refractivity contribution >= 4 is 5.97 Å². The van der Waals surface area contributed by atoms with Crippen LogP contribution < -0.4 is 0 Å². The molecule has 0 bridgehead atoms. The van der Waals surface area contributed by atoms with E-state index in [-0.39, 0.29) is 0 Å². The van der Waals surface area contributed by atoms with E-state index < -0.39 is 5.97 Å². The molecule has 4 heteroatoms. The van der Waals surface area contributed by atoms with Crippen molar-refractivity contribution in [3.05, 3.63) is 29.6 Å². The van der Waals surface area contributed by atoms with Crippen molar-refractivity contribution in [2.24, 2.45) is 5.92 Å². The number of aliphatic carboxylic acids is 1. The van der Waals surface area contributed by atoms with Crippen molar-refractivity contribution in [2.45, 2.75) is 39.2 Å². The zero-order valence-electron chi connectivity index (χ0n) is 11.5. The third-order valence-corrected chi connectivity index (χ3v) is 3.81. The van der Waals surface area contributed by atoms with Crippen LogP contribution in [0.2, 0.25) is 0 Å². The Hall–Kier alpha value is -1.42. The van der Waals surface area contributed by atoms with Gasteiger partial charge in [-0.05, 0) is 57.3 Å². The van der Waals surface area contributed by atoms with Crippen LogP contribution in [0.3, 0.4) is 0 Å². The average molecular weight is 262 g/mol. The maximum Gasteiger partial charge on any atom is 0.303 e. The first-order chi connectivity index (χ1) is 9.13. The highest BCUT2D eigenvalue weighted by Gasteiger charge is 2.20. The molecule has 2 rings (SSSR count). The number of carboxylic acid groups (broad SMARTS) is 1. The summed E-state index contributed by atoms with van der Waals surface area (Å²) >= 11 is 0. The molecule has 0 aliphatic carbocycles. The summed E-state index contributed by atoms with van der Waals surface area (Å²) in [6.07, 6.45) is 3.36. The number of carboxylic acids is 1. The van der Waals surface area contributed by atoms with Crippen molar-refractivity contribution in [3.8, 4) is 0 Å². The van der Waals surface area contributed by atoms with Gasteiger partial charge in [-0.3, -0.25) is 14.7 Å². The molecule has 0 atom stereocenters. The van der Waals surface area contributed by atoms with Gasteiger partial charge >= 0.3 is 5.97 Å². The number of aryl methyl sites for hydroxylation is 1. The van der Waals surface area contributed by atoms with Crippen molar-refractivity contribution in [1.82, 2.24) is 9.88 Å². The monoisotopic (exact) mass is 262 g/mol. The number of nitrogens with zero attached hydrogens (tertiary/aromatic N) is 2. The Bertz CT molecular complexity index is 426. The number of piperidine rings is 1. The fourth-order valence-electron chi connectivity index (χ4n) is 2.68. The molecule has 0 unspecified atom stereocenters. The molecule has 4 nitrogen and oxygen atoms in total. The average Bonchev–Trinajstić information content (AvgIpc) is 2.38. The molecule has 1 aromatic rings. The maximum atomic E-state index is 10.6. The lowest BCUT2D eigenvalue weighted by Crippen LogP contribution is -2.33. The molecule has 1 aliphatic rings. The molecule has 0 aromatic carbocycles. The van der Waals surface area contributed by atoms with Crippen LogP contribution in [0.4, 0.5) is 0 Å². The Morgan fingerprint density at radius 2 is 2.16 bits per heavy atom. The second-order valence-corrected chi connectivity index (χ2v) is 5.42. The molecule has 104 valence electrons. The van der Waals surface area contributed by atoms with Gasteiger partial charge in [0, 0.05) is 18.7 Å². The second-order valence-electron chi connectivity index (χ2n) is 5.42. The number of hydrogen-bond donors (Lipinski definition) is 1. The number of likely N-dealkylation sites (tertiary alicyclic amines) is 1. The summed E-state index contributed by atoms with van der Waals surface area (Å²) in [6.45, 7) is 5.04. The number of hydrogen-bond acceptors (Lipinski definition) is 3. The third-order valence-electron chi connectivity index (χ3n) is 3.81. The Kier molecular flexibility index (Phi) is 4.91. The van der Waals surface area contributed by atoms with Crippen molar-refractivity contribution in [2.75, 3.05) is 13.1 Å². The molecule has 2 heterocycles. The topological polar surface area (TPSA) is 53.4 Å². The van der Waals surface area contributed by atoms with Crippen LogP contribution in [0.5, 0.6) is 0 Å². The van der Waals surface area contributed by atoms with E-state index in [1.165, 1.54) is 0 Å². The highest BCUT2D eigenvalue weighted by molar-refractivity contribution is 5.66. The van der Waals surface area contributed by atoms with Crippen LogP contribution in [0.15, 0.2) is 18.2 Å². The largest absolute Gasteiger partial charge is 0.481 e. The minimum atomic E-state index is -0.675. The number of rotatable bonds is 5. The van der Waals surface area contributed by atoms with E-state index in [0.717, 1.165) is 50.3 Å².